The third-order valence-electron chi connectivity index (χ3n) is 6.05. The number of phenolic OH excluding ortho intramolecular Hbond substituents is 2. The highest BCUT2D eigenvalue weighted by atomic mass is 16.4. The van der Waals surface area contributed by atoms with Crippen molar-refractivity contribution >= 4 is 66.8 Å². The molecular formula is C24H14N2O8. The van der Waals surface area contributed by atoms with Crippen molar-refractivity contribution in [1.29, 1.82) is 0 Å². The average molecular weight is 458 g/mol. The molecule has 0 aromatic heterocycles. The Labute approximate surface area is 188 Å². The molecule has 0 radical (unpaired) electrons. The molecular weight excluding hydrogens is 444 g/mol. The van der Waals surface area contributed by atoms with Crippen molar-refractivity contribution in [3.63, 3.8) is 0 Å². The fourth-order valence-electron chi connectivity index (χ4n) is 4.81. The van der Waals surface area contributed by atoms with Crippen molar-refractivity contribution in [2.45, 2.75) is 0 Å². The van der Waals surface area contributed by atoms with E-state index >= 15 is 0 Å². The molecule has 5 rings (SSSR count). The Balaban J connectivity index is 2.25. The summed E-state index contributed by atoms with van der Waals surface area (Å²) in [5, 5.41) is 42.0. The number of phenols is 2. The van der Waals surface area contributed by atoms with Crippen LogP contribution in [-0.4, -0.2) is 44.2 Å². The molecule has 0 fully saturated rings. The molecule has 34 heavy (non-hydrogen) atoms. The number of hydrogen-bond donors (Lipinski definition) is 6. The van der Waals surface area contributed by atoms with E-state index in [0.29, 0.717) is 0 Å². The smallest absolute Gasteiger partial charge is 0.336 e. The maximum Gasteiger partial charge on any atom is 0.336 e. The number of carboxylic acids is 2. The number of hydrogen-bond acceptors (Lipinski definition) is 6. The molecule has 2 amide bonds. The van der Waals surface area contributed by atoms with Crippen molar-refractivity contribution in [3.05, 3.63) is 58.7 Å². The van der Waals surface area contributed by atoms with Gasteiger partial charge in [-0.25, -0.2) is 9.59 Å². The van der Waals surface area contributed by atoms with E-state index in [1.165, 1.54) is 24.3 Å². The highest BCUT2D eigenvalue weighted by Gasteiger charge is 2.28. The Kier molecular flexibility index (Phi) is 4.08. The summed E-state index contributed by atoms with van der Waals surface area (Å²) >= 11 is 0. The van der Waals surface area contributed by atoms with Gasteiger partial charge >= 0.3 is 11.9 Å². The second-order valence-electron chi connectivity index (χ2n) is 7.80. The fourth-order valence-corrected chi connectivity index (χ4v) is 4.81. The molecule has 5 aromatic rings. The summed E-state index contributed by atoms with van der Waals surface area (Å²) in [5.41, 5.74) is 10.0. The fraction of sp³-hybridized carbons (Fsp3) is 0. The van der Waals surface area contributed by atoms with E-state index < -0.39 is 40.8 Å². The van der Waals surface area contributed by atoms with Crippen LogP contribution in [0.4, 0.5) is 0 Å². The molecule has 0 spiro atoms. The van der Waals surface area contributed by atoms with Gasteiger partial charge in [0.25, 0.3) is 0 Å². The van der Waals surface area contributed by atoms with Crippen LogP contribution in [0.15, 0.2) is 36.4 Å². The summed E-state index contributed by atoms with van der Waals surface area (Å²) in [5.74, 6) is -5.55. The predicted octanol–water partition coefficient (Wildman–Crippen LogP) is 2.74. The Morgan fingerprint density at radius 1 is 0.529 bits per heavy atom. The largest absolute Gasteiger partial charge is 0.507 e. The minimum atomic E-state index is -1.46. The first-order valence-electron chi connectivity index (χ1n) is 9.76. The van der Waals surface area contributed by atoms with E-state index in [0.717, 1.165) is 12.1 Å². The number of carbonyl (C=O) groups excluding carboxylic acids is 2. The van der Waals surface area contributed by atoms with Crippen LogP contribution < -0.4 is 11.5 Å². The van der Waals surface area contributed by atoms with Gasteiger partial charge in [-0.2, -0.15) is 0 Å². The van der Waals surface area contributed by atoms with Gasteiger partial charge < -0.3 is 31.9 Å². The van der Waals surface area contributed by atoms with E-state index in [1.54, 1.807) is 0 Å². The monoisotopic (exact) mass is 458 g/mol. The van der Waals surface area contributed by atoms with E-state index in [4.69, 9.17) is 11.5 Å². The number of aromatic hydroxyl groups is 2. The number of primary amides is 2. The molecule has 5 aromatic carbocycles. The second-order valence-corrected chi connectivity index (χ2v) is 7.80. The van der Waals surface area contributed by atoms with Crippen LogP contribution >= 0.6 is 0 Å². The first-order valence-corrected chi connectivity index (χ1v) is 9.76. The maximum absolute atomic E-state index is 12.2. The summed E-state index contributed by atoms with van der Waals surface area (Å²) in [6.07, 6.45) is 0. The minimum Gasteiger partial charge on any atom is -0.507 e. The highest BCUT2D eigenvalue weighted by Crippen LogP contribution is 2.49. The van der Waals surface area contributed by atoms with Crippen LogP contribution in [-0.2, 0) is 0 Å². The summed E-state index contributed by atoms with van der Waals surface area (Å²) in [4.78, 5) is 48.3. The Hall–Kier alpha value is -5.12. The normalized spacial score (nSPS) is 11.5. The molecule has 0 aliphatic heterocycles. The number of aromatic carboxylic acids is 2. The van der Waals surface area contributed by atoms with Gasteiger partial charge in [-0.15, -0.1) is 0 Å². The minimum absolute atomic E-state index is 0.0492. The average Bonchev–Trinajstić information content (AvgIpc) is 2.77. The lowest BCUT2D eigenvalue weighted by atomic mass is 9.83. The maximum atomic E-state index is 12.2. The van der Waals surface area contributed by atoms with Gasteiger partial charge in [0.1, 0.15) is 11.5 Å². The molecule has 0 saturated carbocycles. The molecule has 0 saturated heterocycles. The second kappa shape index (κ2) is 6.69. The number of fused-ring (bicyclic) bond motifs is 2. The number of amides is 2. The lowest BCUT2D eigenvalue weighted by Gasteiger charge is -2.20. The lowest BCUT2D eigenvalue weighted by Crippen LogP contribution is -2.16. The van der Waals surface area contributed by atoms with Gasteiger partial charge in [-0.05, 0) is 35.0 Å². The van der Waals surface area contributed by atoms with Crippen LogP contribution in [0.5, 0.6) is 11.5 Å². The van der Waals surface area contributed by atoms with Crippen molar-refractivity contribution in [2.24, 2.45) is 11.5 Å². The zero-order valence-corrected chi connectivity index (χ0v) is 17.0. The quantitative estimate of drug-likeness (QED) is 0.174. The number of nitrogens with two attached hydrogens (primary N) is 2. The summed E-state index contributed by atoms with van der Waals surface area (Å²) in [6, 6.07) is 7.28. The Morgan fingerprint density at radius 2 is 0.941 bits per heavy atom. The topological polar surface area (TPSA) is 201 Å². The third-order valence-corrected chi connectivity index (χ3v) is 6.05. The third kappa shape index (κ3) is 2.50. The van der Waals surface area contributed by atoms with Gasteiger partial charge in [-0.1, -0.05) is 12.1 Å². The van der Waals surface area contributed by atoms with Crippen molar-refractivity contribution in [2.75, 3.05) is 0 Å². The van der Waals surface area contributed by atoms with Gasteiger partial charge in [0.2, 0.25) is 11.8 Å². The zero-order chi connectivity index (χ0) is 24.6. The lowest BCUT2D eigenvalue weighted by molar-refractivity contribution is 0.0695. The number of benzene rings is 5. The Bertz CT molecular complexity index is 1660. The molecule has 0 heterocycles. The van der Waals surface area contributed by atoms with Gasteiger partial charge in [0.15, 0.2) is 0 Å². The number of carboxylic acid groups (broad SMARTS) is 2. The van der Waals surface area contributed by atoms with E-state index in [2.05, 4.69) is 0 Å². The van der Waals surface area contributed by atoms with E-state index in [9.17, 15) is 39.6 Å². The highest BCUT2D eigenvalue weighted by molar-refractivity contribution is 6.40. The van der Waals surface area contributed by atoms with Crippen LogP contribution in [0.25, 0.3) is 43.1 Å². The summed E-state index contributed by atoms with van der Waals surface area (Å²) < 4.78 is 0. The van der Waals surface area contributed by atoms with Gasteiger partial charge in [0.05, 0.1) is 16.7 Å². The van der Waals surface area contributed by atoms with Gasteiger partial charge in [-0.3, -0.25) is 9.59 Å². The van der Waals surface area contributed by atoms with Crippen LogP contribution in [0, 0.1) is 0 Å². The van der Waals surface area contributed by atoms with Crippen LogP contribution in [0.2, 0.25) is 0 Å². The molecule has 0 bridgehead atoms. The molecule has 10 nitrogen and oxygen atoms in total. The van der Waals surface area contributed by atoms with Gasteiger partial charge in [0, 0.05) is 37.9 Å². The van der Waals surface area contributed by atoms with Crippen molar-refractivity contribution in [3.8, 4) is 11.5 Å². The molecule has 0 unspecified atom stereocenters. The first-order chi connectivity index (χ1) is 16.0. The Morgan fingerprint density at radius 3 is 1.38 bits per heavy atom. The molecule has 0 aliphatic carbocycles. The SMILES string of the molecule is NC(=O)c1ccc2c3c(O)cc(C(=O)O)c4c(C(=O)O)ccc(c5c(O)cc(C(N)=O)c1c25)c43. The summed E-state index contributed by atoms with van der Waals surface area (Å²) in [7, 11) is 0. The molecule has 168 valence electrons. The number of rotatable bonds is 4. The summed E-state index contributed by atoms with van der Waals surface area (Å²) in [6.45, 7) is 0. The van der Waals surface area contributed by atoms with Crippen molar-refractivity contribution in [1.82, 2.24) is 0 Å². The molecule has 8 N–H and O–H groups in total. The zero-order valence-electron chi connectivity index (χ0n) is 17.0. The van der Waals surface area contributed by atoms with E-state index in [1.807, 2.05) is 0 Å². The first kappa shape index (κ1) is 20.8. The van der Waals surface area contributed by atoms with Crippen molar-refractivity contribution < 1.29 is 39.6 Å². The van der Waals surface area contributed by atoms with Crippen LogP contribution in [0.3, 0.4) is 0 Å². The van der Waals surface area contributed by atoms with Crippen LogP contribution in [0.1, 0.15) is 41.4 Å². The molecule has 10 heteroatoms. The predicted molar refractivity (Wildman–Crippen MR) is 122 cm³/mol. The number of carbonyl (C=O) groups is 4. The standard InChI is InChI=1S/C24H14N2O8/c25-21(29)9-3-1-7-18-14(28)6-12(24(33)34)16-10(23(31)32)4-2-8(20(16)18)17-13(27)5-11(22(26)30)15(9)19(7)17/h1-6,27-28H,(H2,25,29)(H2,26,30)(H,31,32)(H,33,34). The molecule has 0 atom stereocenters. The molecule has 0 aliphatic rings. The van der Waals surface area contributed by atoms with E-state index in [-0.39, 0.29) is 59.8 Å².